The molecule has 1 saturated carbocycles. The van der Waals surface area contributed by atoms with Gasteiger partial charge in [0.1, 0.15) is 5.60 Å². The highest BCUT2D eigenvalue weighted by atomic mass is 16.6. The molecular formula is C22H34N4O3. The second-order valence-electron chi connectivity index (χ2n) is 9.24. The lowest BCUT2D eigenvalue weighted by Gasteiger charge is -2.23. The van der Waals surface area contributed by atoms with E-state index in [1.807, 2.05) is 38.6 Å². The van der Waals surface area contributed by atoms with Crippen LogP contribution in [0.15, 0.2) is 16.9 Å². The van der Waals surface area contributed by atoms with Crippen molar-refractivity contribution in [1.82, 2.24) is 19.7 Å². The molecule has 0 amide bonds. The molecule has 3 rings (SSSR count). The summed E-state index contributed by atoms with van der Waals surface area (Å²) in [5, 5.41) is 4.10. The average Bonchev–Trinajstić information content (AvgIpc) is 3.29. The summed E-state index contributed by atoms with van der Waals surface area (Å²) < 4.78 is 12.9. The van der Waals surface area contributed by atoms with Crippen molar-refractivity contribution >= 4 is 5.97 Å². The second-order valence-corrected chi connectivity index (χ2v) is 9.24. The number of carbonyl (C=O) groups is 1. The molecule has 0 bridgehead atoms. The van der Waals surface area contributed by atoms with E-state index < -0.39 is 5.60 Å². The lowest BCUT2D eigenvalue weighted by atomic mass is 9.84. The third-order valence-corrected chi connectivity index (χ3v) is 5.53. The summed E-state index contributed by atoms with van der Waals surface area (Å²) in [4.78, 5) is 21.3. The maximum Gasteiger partial charge on any atom is 0.307 e. The summed E-state index contributed by atoms with van der Waals surface area (Å²) in [6, 6.07) is 0. The van der Waals surface area contributed by atoms with Gasteiger partial charge in [-0.1, -0.05) is 50.1 Å². The molecule has 0 aromatic carbocycles. The van der Waals surface area contributed by atoms with Crippen molar-refractivity contribution in [2.75, 3.05) is 0 Å². The van der Waals surface area contributed by atoms with Crippen LogP contribution in [0.2, 0.25) is 0 Å². The summed E-state index contributed by atoms with van der Waals surface area (Å²) >= 11 is 0. The summed E-state index contributed by atoms with van der Waals surface area (Å²) in [5.41, 5.74) is -0.503. The number of rotatable bonds is 8. The van der Waals surface area contributed by atoms with Crippen LogP contribution in [0.4, 0.5) is 0 Å². The zero-order chi connectivity index (χ0) is 20.9. The van der Waals surface area contributed by atoms with E-state index in [1.54, 1.807) is 6.20 Å². The fourth-order valence-corrected chi connectivity index (χ4v) is 4.10. The van der Waals surface area contributed by atoms with Gasteiger partial charge in [0, 0.05) is 25.4 Å². The lowest BCUT2D eigenvalue weighted by molar-refractivity contribution is -0.155. The molecule has 0 N–H and O–H groups in total. The normalized spacial score (nSPS) is 16.7. The van der Waals surface area contributed by atoms with Gasteiger partial charge in [-0.15, -0.1) is 0 Å². The number of hydrogen-bond acceptors (Lipinski definition) is 6. The molecule has 160 valence electrons. The van der Waals surface area contributed by atoms with Crippen molar-refractivity contribution in [3.63, 3.8) is 0 Å². The van der Waals surface area contributed by atoms with Crippen LogP contribution in [-0.4, -0.2) is 31.3 Å². The molecule has 0 aliphatic heterocycles. The van der Waals surface area contributed by atoms with Crippen LogP contribution < -0.4 is 0 Å². The van der Waals surface area contributed by atoms with E-state index in [2.05, 4.69) is 15.1 Å². The van der Waals surface area contributed by atoms with Gasteiger partial charge in [0.2, 0.25) is 11.7 Å². The van der Waals surface area contributed by atoms with Gasteiger partial charge in [0.15, 0.2) is 5.82 Å². The van der Waals surface area contributed by atoms with E-state index in [1.165, 1.54) is 38.5 Å². The Bertz CT molecular complexity index is 784. The largest absolute Gasteiger partial charge is 0.460 e. The topological polar surface area (TPSA) is 83.0 Å². The van der Waals surface area contributed by atoms with E-state index in [4.69, 9.17) is 9.26 Å². The fourth-order valence-electron chi connectivity index (χ4n) is 4.10. The molecule has 0 spiro atoms. The first-order chi connectivity index (χ1) is 13.8. The molecular weight excluding hydrogens is 368 g/mol. The molecule has 2 heterocycles. The van der Waals surface area contributed by atoms with Crippen molar-refractivity contribution in [3.05, 3.63) is 18.3 Å². The van der Waals surface area contributed by atoms with Crippen molar-refractivity contribution < 1.29 is 14.1 Å². The van der Waals surface area contributed by atoms with Gasteiger partial charge >= 0.3 is 5.97 Å². The predicted molar refractivity (Wildman–Crippen MR) is 110 cm³/mol. The maximum absolute atomic E-state index is 12.5. The van der Waals surface area contributed by atoms with E-state index >= 15 is 0 Å². The Morgan fingerprint density at radius 1 is 1.31 bits per heavy atom. The van der Waals surface area contributed by atoms with Crippen LogP contribution in [0.25, 0.3) is 11.6 Å². The number of hydrogen-bond donors (Lipinski definition) is 0. The number of aryl methyl sites for hydroxylation is 1. The van der Waals surface area contributed by atoms with Gasteiger partial charge in [0.05, 0.1) is 6.42 Å². The van der Waals surface area contributed by atoms with Crippen molar-refractivity contribution in [3.8, 4) is 11.6 Å². The molecule has 1 atom stereocenters. The average molecular weight is 403 g/mol. The highest BCUT2D eigenvalue weighted by Crippen LogP contribution is 2.32. The Morgan fingerprint density at radius 3 is 2.72 bits per heavy atom. The fraction of sp³-hybridized carbons (Fsp3) is 0.727. The van der Waals surface area contributed by atoms with Crippen LogP contribution in [0.3, 0.4) is 0 Å². The third kappa shape index (κ3) is 6.41. The molecule has 7 heteroatoms. The van der Waals surface area contributed by atoms with Gasteiger partial charge in [0.25, 0.3) is 0 Å². The van der Waals surface area contributed by atoms with Gasteiger partial charge in [-0.25, -0.2) is 4.98 Å². The Hall–Kier alpha value is -2.18. The van der Waals surface area contributed by atoms with Crippen LogP contribution in [0.5, 0.6) is 0 Å². The Balaban J connectivity index is 1.67. The number of carbonyl (C=O) groups excluding carboxylic acids is 1. The molecule has 7 nitrogen and oxygen atoms in total. The minimum Gasteiger partial charge on any atom is -0.460 e. The van der Waals surface area contributed by atoms with Crippen LogP contribution >= 0.6 is 0 Å². The lowest BCUT2D eigenvalue weighted by Crippen LogP contribution is -2.25. The number of ether oxygens (including phenoxy) is 1. The predicted octanol–water partition coefficient (Wildman–Crippen LogP) is 5.04. The molecule has 29 heavy (non-hydrogen) atoms. The summed E-state index contributed by atoms with van der Waals surface area (Å²) in [6.07, 6.45) is 13.6. The number of imidazole rings is 1. The molecule has 2 aromatic rings. The number of nitrogens with zero attached hydrogens (tertiary/aromatic N) is 4. The van der Waals surface area contributed by atoms with E-state index in [9.17, 15) is 4.79 Å². The van der Waals surface area contributed by atoms with E-state index in [-0.39, 0.29) is 18.3 Å². The minimum atomic E-state index is -0.503. The van der Waals surface area contributed by atoms with Gasteiger partial charge in [-0.3, -0.25) is 4.79 Å². The first kappa shape index (κ1) is 21.5. The van der Waals surface area contributed by atoms with Gasteiger partial charge < -0.3 is 13.8 Å². The van der Waals surface area contributed by atoms with Crippen molar-refractivity contribution in [2.45, 2.75) is 90.1 Å². The Kier molecular flexibility index (Phi) is 7.09. The number of aromatic nitrogens is 4. The van der Waals surface area contributed by atoms with E-state index in [0.29, 0.717) is 17.5 Å². The number of esters is 1. The molecule has 0 saturated heterocycles. The second kappa shape index (κ2) is 9.55. The smallest absolute Gasteiger partial charge is 0.307 e. The molecule has 0 radical (unpaired) electrons. The quantitative estimate of drug-likeness (QED) is 0.576. The molecule has 1 aliphatic carbocycles. The zero-order valence-electron chi connectivity index (χ0n) is 18.2. The van der Waals surface area contributed by atoms with Crippen molar-refractivity contribution in [1.29, 1.82) is 0 Å². The first-order valence-electron chi connectivity index (χ1n) is 10.8. The highest BCUT2D eigenvalue weighted by molar-refractivity contribution is 5.70. The van der Waals surface area contributed by atoms with Gasteiger partial charge in [-0.05, 0) is 33.1 Å². The summed E-state index contributed by atoms with van der Waals surface area (Å²) in [6.45, 7) is 5.65. The summed E-state index contributed by atoms with van der Waals surface area (Å²) in [5.74, 6) is 2.06. The van der Waals surface area contributed by atoms with Crippen molar-refractivity contribution in [2.24, 2.45) is 13.0 Å². The zero-order valence-corrected chi connectivity index (χ0v) is 18.2. The van der Waals surface area contributed by atoms with Gasteiger partial charge in [-0.2, -0.15) is 4.98 Å². The monoisotopic (exact) mass is 402 g/mol. The third-order valence-electron chi connectivity index (χ3n) is 5.53. The Morgan fingerprint density at radius 2 is 2.07 bits per heavy atom. The van der Waals surface area contributed by atoms with E-state index in [0.717, 1.165) is 18.8 Å². The van der Waals surface area contributed by atoms with Crippen LogP contribution in [0, 0.1) is 5.92 Å². The molecule has 1 unspecified atom stereocenters. The van der Waals surface area contributed by atoms with Crippen LogP contribution in [0.1, 0.15) is 90.4 Å². The minimum absolute atomic E-state index is 0.130. The molecule has 1 aliphatic rings. The molecule has 2 aromatic heterocycles. The first-order valence-corrected chi connectivity index (χ1v) is 10.8. The Labute approximate surface area is 173 Å². The van der Waals surface area contributed by atoms with Crippen LogP contribution in [-0.2, 0) is 16.6 Å². The SMILES string of the molecule is Cn1ccnc1-c1noc(C(CCCC2CCCCC2)CC(=O)OC(C)(C)C)n1. The highest BCUT2D eigenvalue weighted by Gasteiger charge is 2.27. The summed E-state index contributed by atoms with van der Waals surface area (Å²) in [7, 11) is 1.89. The maximum atomic E-state index is 12.5. The standard InChI is InChI=1S/C22H34N4O3/c1-22(2,3)28-18(27)15-17(12-8-11-16-9-6-5-7-10-16)21-24-19(25-29-21)20-23-13-14-26(20)4/h13-14,16-17H,5-12,15H2,1-4H3. The molecule has 1 fully saturated rings.